The molecule has 1 amide bonds. The highest BCUT2D eigenvalue weighted by Gasteiger charge is 2.18. The van der Waals surface area contributed by atoms with Crippen LogP contribution >= 0.6 is 0 Å². The summed E-state index contributed by atoms with van der Waals surface area (Å²) in [5, 5.41) is 14.5. The van der Waals surface area contributed by atoms with Crippen LogP contribution in [0.2, 0.25) is 0 Å². The van der Waals surface area contributed by atoms with E-state index in [4.69, 9.17) is 5.11 Å². The fourth-order valence-corrected chi connectivity index (χ4v) is 2.43. The van der Waals surface area contributed by atoms with Crippen molar-refractivity contribution < 1.29 is 14.7 Å². The summed E-state index contributed by atoms with van der Waals surface area (Å²) in [5.74, 6) is -1.40. The van der Waals surface area contributed by atoms with Gasteiger partial charge in [-0.25, -0.2) is 4.79 Å². The average molecular weight is 291 g/mol. The van der Waals surface area contributed by atoms with E-state index < -0.39 is 12.0 Å². The fraction of sp³-hybridized carbons (Fsp3) is 0.467. The molecule has 1 aromatic carbocycles. The molecule has 1 aliphatic heterocycles. The van der Waals surface area contributed by atoms with Crippen LogP contribution in [0, 0.1) is 0 Å². The number of nitrogens with one attached hydrogen (secondary N) is 2. The van der Waals surface area contributed by atoms with Crippen molar-refractivity contribution in [2.45, 2.75) is 25.8 Å². The first-order chi connectivity index (χ1) is 10.1. The highest BCUT2D eigenvalue weighted by molar-refractivity contribution is 5.82. The summed E-state index contributed by atoms with van der Waals surface area (Å²) in [6, 6.07) is 6.99. The van der Waals surface area contributed by atoms with Crippen LogP contribution in [0.15, 0.2) is 24.3 Å². The van der Waals surface area contributed by atoms with Gasteiger partial charge in [-0.3, -0.25) is 4.79 Å². The average Bonchev–Trinajstić information content (AvgIpc) is 2.97. The van der Waals surface area contributed by atoms with E-state index in [1.807, 2.05) is 24.3 Å². The standard InChI is InChI=1S/C15H21N3O3/c1-11(19)17-14(15(20)21)10-16-12-4-6-13(7-5-12)18-8-2-3-9-18/h4-7,14,16H,2-3,8-10H2,1H3,(H,17,19)(H,20,21). The Balaban J connectivity index is 1.90. The third kappa shape index (κ3) is 4.37. The molecule has 6 heteroatoms. The van der Waals surface area contributed by atoms with E-state index in [9.17, 15) is 9.59 Å². The van der Waals surface area contributed by atoms with Crippen molar-refractivity contribution >= 4 is 23.3 Å². The van der Waals surface area contributed by atoms with Crippen molar-refractivity contribution in [3.8, 4) is 0 Å². The molecule has 0 radical (unpaired) electrons. The van der Waals surface area contributed by atoms with E-state index in [1.54, 1.807) is 0 Å². The number of hydrogen-bond donors (Lipinski definition) is 3. The van der Waals surface area contributed by atoms with Crippen molar-refractivity contribution in [3.05, 3.63) is 24.3 Å². The van der Waals surface area contributed by atoms with Gasteiger partial charge in [0.1, 0.15) is 6.04 Å². The maximum Gasteiger partial charge on any atom is 0.328 e. The smallest absolute Gasteiger partial charge is 0.328 e. The summed E-state index contributed by atoms with van der Waals surface area (Å²) < 4.78 is 0. The van der Waals surface area contributed by atoms with E-state index in [-0.39, 0.29) is 12.5 Å². The zero-order valence-corrected chi connectivity index (χ0v) is 12.1. The SMILES string of the molecule is CC(=O)NC(CNc1ccc(N2CCCC2)cc1)C(=O)O. The zero-order valence-electron chi connectivity index (χ0n) is 12.1. The summed E-state index contributed by atoms with van der Waals surface area (Å²) in [6.45, 7) is 3.64. The van der Waals surface area contributed by atoms with Gasteiger partial charge in [0, 0.05) is 37.9 Å². The number of carboxylic acids is 1. The molecule has 1 unspecified atom stereocenters. The summed E-state index contributed by atoms with van der Waals surface area (Å²) in [6.07, 6.45) is 2.47. The highest BCUT2D eigenvalue weighted by Crippen LogP contribution is 2.21. The first-order valence-corrected chi connectivity index (χ1v) is 7.15. The number of carboxylic acid groups (broad SMARTS) is 1. The molecule has 0 aliphatic carbocycles. The largest absolute Gasteiger partial charge is 0.480 e. The van der Waals surface area contributed by atoms with Gasteiger partial charge in [0.2, 0.25) is 5.91 Å². The van der Waals surface area contributed by atoms with Gasteiger partial charge in [-0.15, -0.1) is 0 Å². The molecule has 6 nitrogen and oxygen atoms in total. The molecule has 114 valence electrons. The number of rotatable bonds is 6. The Labute approximate surface area is 124 Å². The molecule has 0 spiro atoms. The quantitative estimate of drug-likeness (QED) is 0.736. The predicted octanol–water partition coefficient (Wildman–Crippen LogP) is 1.29. The molecule has 1 saturated heterocycles. The van der Waals surface area contributed by atoms with Crippen LogP contribution in [0.5, 0.6) is 0 Å². The van der Waals surface area contributed by atoms with Crippen molar-refractivity contribution in [2.24, 2.45) is 0 Å². The normalized spacial score (nSPS) is 15.6. The van der Waals surface area contributed by atoms with Crippen LogP contribution in [0.25, 0.3) is 0 Å². The maximum absolute atomic E-state index is 11.0. The van der Waals surface area contributed by atoms with Crippen LogP contribution in [-0.2, 0) is 9.59 Å². The van der Waals surface area contributed by atoms with Gasteiger partial charge in [-0.1, -0.05) is 0 Å². The number of amides is 1. The number of benzene rings is 1. The summed E-state index contributed by atoms with van der Waals surface area (Å²) in [4.78, 5) is 24.3. The van der Waals surface area contributed by atoms with Crippen molar-refractivity contribution in [3.63, 3.8) is 0 Å². The summed E-state index contributed by atoms with van der Waals surface area (Å²) >= 11 is 0. The molecule has 0 saturated carbocycles. The third-order valence-electron chi connectivity index (χ3n) is 3.52. The first-order valence-electron chi connectivity index (χ1n) is 7.15. The van der Waals surface area contributed by atoms with Crippen LogP contribution < -0.4 is 15.5 Å². The number of carbonyl (C=O) groups is 2. The summed E-state index contributed by atoms with van der Waals surface area (Å²) in [7, 11) is 0. The van der Waals surface area contributed by atoms with Gasteiger partial charge in [0.15, 0.2) is 0 Å². The Bertz CT molecular complexity index is 495. The van der Waals surface area contributed by atoms with Gasteiger partial charge in [0.05, 0.1) is 0 Å². The summed E-state index contributed by atoms with van der Waals surface area (Å²) in [5.41, 5.74) is 2.03. The monoisotopic (exact) mass is 291 g/mol. The molecule has 1 aromatic rings. The molecule has 2 rings (SSSR count). The number of nitrogens with zero attached hydrogens (tertiary/aromatic N) is 1. The van der Waals surface area contributed by atoms with Crippen LogP contribution in [0.4, 0.5) is 11.4 Å². The van der Waals surface area contributed by atoms with E-state index in [2.05, 4.69) is 15.5 Å². The number of anilines is 2. The lowest BCUT2D eigenvalue weighted by atomic mass is 10.2. The van der Waals surface area contributed by atoms with Crippen LogP contribution in [0.3, 0.4) is 0 Å². The molecule has 0 bridgehead atoms. The number of hydrogen-bond acceptors (Lipinski definition) is 4. The lowest BCUT2D eigenvalue weighted by molar-refractivity contribution is -0.141. The minimum atomic E-state index is -1.05. The molecule has 21 heavy (non-hydrogen) atoms. The second-order valence-corrected chi connectivity index (χ2v) is 5.21. The molecule has 3 N–H and O–H groups in total. The second kappa shape index (κ2) is 6.97. The first kappa shape index (κ1) is 15.2. The Kier molecular flexibility index (Phi) is 5.03. The number of carbonyl (C=O) groups excluding carboxylic acids is 1. The van der Waals surface area contributed by atoms with E-state index in [0.717, 1.165) is 18.8 Å². The highest BCUT2D eigenvalue weighted by atomic mass is 16.4. The van der Waals surface area contributed by atoms with Gasteiger partial charge in [0.25, 0.3) is 0 Å². The van der Waals surface area contributed by atoms with Gasteiger partial charge in [-0.2, -0.15) is 0 Å². The fourth-order valence-electron chi connectivity index (χ4n) is 2.43. The molecule has 1 aliphatic rings. The Morgan fingerprint density at radius 3 is 2.38 bits per heavy atom. The maximum atomic E-state index is 11.0. The third-order valence-corrected chi connectivity index (χ3v) is 3.52. The van der Waals surface area contributed by atoms with Crippen molar-refractivity contribution in [1.29, 1.82) is 0 Å². The van der Waals surface area contributed by atoms with Gasteiger partial charge >= 0.3 is 5.97 Å². The number of aliphatic carboxylic acids is 1. The van der Waals surface area contributed by atoms with Crippen molar-refractivity contribution in [1.82, 2.24) is 5.32 Å². The Hall–Kier alpha value is -2.24. The lowest BCUT2D eigenvalue weighted by Crippen LogP contribution is -2.44. The topological polar surface area (TPSA) is 81.7 Å². The van der Waals surface area contributed by atoms with E-state index in [1.165, 1.54) is 25.5 Å². The Morgan fingerprint density at radius 2 is 1.86 bits per heavy atom. The molecule has 1 atom stereocenters. The lowest BCUT2D eigenvalue weighted by Gasteiger charge is -2.19. The van der Waals surface area contributed by atoms with Gasteiger partial charge in [-0.05, 0) is 37.1 Å². The van der Waals surface area contributed by atoms with Crippen molar-refractivity contribution in [2.75, 3.05) is 29.9 Å². The van der Waals surface area contributed by atoms with Crippen LogP contribution in [-0.4, -0.2) is 42.7 Å². The molecule has 0 aromatic heterocycles. The van der Waals surface area contributed by atoms with E-state index >= 15 is 0 Å². The molecule has 1 heterocycles. The molecular weight excluding hydrogens is 270 g/mol. The minimum absolute atomic E-state index is 0.151. The van der Waals surface area contributed by atoms with Crippen LogP contribution in [0.1, 0.15) is 19.8 Å². The van der Waals surface area contributed by atoms with E-state index in [0.29, 0.717) is 0 Å². The minimum Gasteiger partial charge on any atom is -0.480 e. The van der Waals surface area contributed by atoms with Gasteiger partial charge < -0.3 is 20.6 Å². The second-order valence-electron chi connectivity index (χ2n) is 5.21. The molecule has 1 fully saturated rings. The predicted molar refractivity (Wildman–Crippen MR) is 81.6 cm³/mol. The Morgan fingerprint density at radius 1 is 1.24 bits per heavy atom. The molecular formula is C15H21N3O3. The zero-order chi connectivity index (χ0) is 15.2.